The molecule has 0 unspecified atom stereocenters. The number of nitrogens with one attached hydrogen (secondary N) is 2. The van der Waals surface area contributed by atoms with Crippen molar-refractivity contribution < 1.29 is 19.2 Å². The van der Waals surface area contributed by atoms with Gasteiger partial charge in [0.05, 0.1) is 25.4 Å². The van der Waals surface area contributed by atoms with E-state index in [9.17, 15) is 4.79 Å². The molecule has 1 atom stereocenters. The number of amides is 1. The van der Waals surface area contributed by atoms with Crippen LogP contribution in [-0.2, 0) is 16.0 Å². The zero-order valence-corrected chi connectivity index (χ0v) is 21.1. The van der Waals surface area contributed by atoms with Crippen LogP contribution >= 0.6 is 0 Å². The second kappa shape index (κ2) is 11.4. The van der Waals surface area contributed by atoms with Crippen LogP contribution in [0.3, 0.4) is 0 Å². The highest BCUT2D eigenvalue weighted by Gasteiger charge is 2.33. The Morgan fingerprint density at radius 2 is 1.84 bits per heavy atom. The van der Waals surface area contributed by atoms with Crippen molar-refractivity contribution in [1.82, 2.24) is 20.2 Å². The summed E-state index contributed by atoms with van der Waals surface area (Å²) in [5.41, 5.74) is 2.97. The van der Waals surface area contributed by atoms with Gasteiger partial charge in [0, 0.05) is 30.7 Å². The van der Waals surface area contributed by atoms with Gasteiger partial charge in [-0.25, -0.2) is 9.48 Å². The van der Waals surface area contributed by atoms with Crippen molar-refractivity contribution in [2.45, 2.75) is 12.6 Å². The third-order valence-electron chi connectivity index (χ3n) is 6.67. The number of ether oxygens (including phenoxy) is 2. The van der Waals surface area contributed by atoms with Gasteiger partial charge in [-0.05, 0) is 34.0 Å². The molecule has 1 aromatic heterocycles. The van der Waals surface area contributed by atoms with E-state index in [0.29, 0.717) is 25.4 Å². The smallest absolute Gasteiger partial charge is 0.411 e. The van der Waals surface area contributed by atoms with E-state index in [0.717, 1.165) is 40.9 Å². The van der Waals surface area contributed by atoms with Crippen LogP contribution in [0.5, 0.6) is 0 Å². The third-order valence-corrected chi connectivity index (χ3v) is 6.67. The summed E-state index contributed by atoms with van der Waals surface area (Å²) in [6.45, 7) is 3.59. The summed E-state index contributed by atoms with van der Waals surface area (Å²) in [5, 5.41) is 17.4. The Bertz CT molecular complexity index is 1330. The molecule has 0 spiro atoms. The van der Waals surface area contributed by atoms with Crippen molar-refractivity contribution in [3.05, 3.63) is 78.1 Å². The second-order valence-corrected chi connectivity index (χ2v) is 9.24. The van der Waals surface area contributed by atoms with Gasteiger partial charge in [-0.2, -0.15) is 0 Å². The molecule has 10 heteroatoms. The van der Waals surface area contributed by atoms with Crippen LogP contribution in [0.1, 0.15) is 17.4 Å². The van der Waals surface area contributed by atoms with E-state index in [2.05, 4.69) is 50.0 Å². The molecule has 1 aliphatic heterocycles. The van der Waals surface area contributed by atoms with Gasteiger partial charge in [-0.15, -0.1) is 5.10 Å². The van der Waals surface area contributed by atoms with Crippen LogP contribution in [0.2, 0.25) is 0 Å². The molecule has 1 aliphatic rings. The maximum Gasteiger partial charge on any atom is 0.411 e. The van der Waals surface area contributed by atoms with Gasteiger partial charge in [-0.1, -0.05) is 48.5 Å². The highest BCUT2D eigenvalue weighted by atomic mass is 16.5. The number of tetrazole rings is 1. The summed E-state index contributed by atoms with van der Waals surface area (Å²) in [6, 6.07) is 22.1. The molecule has 1 amide bonds. The minimum absolute atomic E-state index is 0.0559. The Hall–Kier alpha value is -4.02. The first-order chi connectivity index (χ1) is 18.1. The number of quaternary nitrogens is 1. The summed E-state index contributed by atoms with van der Waals surface area (Å²) in [5.74, 6) is 0.743. The lowest BCUT2D eigenvalue weighted by Gasteiger charge is -2.31. The Kier molecular flexibility index (Phi) is 7.57. The molecule has 0 aliphatic carbocycles. The van der Waals surface area contributed by atoms with E-state index < -0.39 is 6.09 Å². The molecule has 1 saturated heterocycles. The number of hydrogen-bond donors (Lipinski definition) is 2. The van der Waals surface area contributed by atoms with Gasteiger partial charge in [0.15, 0.2) is 6.04 Å². The molecule has 0 radical (unpaired) electrons. The van der Waals surface area contributed by atoms with Crippen LogP contribution in [-0.4, -0.2) is 73.3 Å². The van der Waals surface area contributed by atoms with Crippen LogP contribution in [0.4, 0.5) is 16.2 Å². The van der Waals surface area contributed by atoms with E-state index in [1.165, 1.54) is 4.90 Å². The molecule has 5 rings (SSSR count). The van der Waals surface area contributed by atoms with Crippen molar-refractivity contribution in [1.29, 1.82) is 0 Å². The molecule has 2 N–H and O–H groups in total. The molecular formula is C27H32N7O3+. The second-order valence-electron chi connectivity index (χ2n) is 9.24. The number of carbonyl (C=O) groups is 1. The molecule has 2 heterocycles. The summed E-state index contributed by atoms with van der Waals surface area (Å²) >= 11 is 0. The third kappa shape index (κ3) is 5.71. The van der Waals surface area contributed by atoms with E-state index in [-0.39, 0.29) is 12.6 Å². The van der Waals surface area contributed by atoms with E-state index in [4.69, 9.17) is 9.47 Å². The quantitative estimate of drug-likeness (QED) is 0.381. The molecule has 1 fully saturated rings. The first kappa shape index (κ1) is 24.7. The largest absolute Gasteiger partial charge is 0.447 e. The topological polar surface area (TPSA) is 98.8 Å². The molecule has 0 saturated carbocycles. The summed E-state index contributed by atoms with van der Waals surface area (Å²) in [7, 11) is 4.05. The monoisotopic (exact) mass is 502 g/mol. The molecule has 10 nitrogen and oxygen atoms in total. The molecule has 3 aromatic carbocycles. The minimum Gasteiger partial charge on any atom is -0.447 e. The fourth-order valence-corrected chi connectivity index (χ4v) is 4.74. The summed E-state index contributed by atoms with van der Waals surface area (Å²) in [6.07, 6.45) is -0.513. The van der Waals surface area contributed by atoms with E-state index in [1.54, 1.807) is 4.68 Å². The Morgan fingerprint density at radius 1 is 1.08 bits per heavy atom. The number of rotatable bonds is 8. The lowest BCUT2D eigenvalue weighted by Crippen LogP contribution is -3.14. The molecule has 192 valence electrons. The van der Waals surface area contributed by atoms with Crippen molar-refractivity contribution in [3.63, 3.8) is 0 Å². The standard InChI is InChI=1S/C27H31N7O3/c1-32(2)22-12-10-21(11-13-22)25(33-14-17-36-18-15-33)26-29-30-31-34(26)16-19-37-27(35)28-24-9-5-7-20-6-3-4-8-23(20)24/h3-13,25H,14-19H2,1-2H3,(H,28,35)/p+1/t25-/m0/s1. The first-order valence-corrected chi connectivity index (χ1v) is 12.5. The van der Waals surface area contributed by atoms with Gasteiger partial charge in [-0.3, -0.25) is 5.32 Å². The molecule has 0 bridgehead atoms. The average Bonchev–Trinajstić information content (AvgIpc) is 3.38. The van der Waals surface area contributed by atoms with Crippen LogP contribution in [0.25, 0.3) is 10.8 Å². The maximum atomic E-state index is 12.5. The predicted molar refractivity (Wildman–Crippen MR) is 141 cm³/mol. The number of fused-ring (bicyclic) bond motifs is 1. The number of carbonyl (C=O) groups excluding carboxylic acids is 1. The highest BCUT2D eigenvalue weighted by Crippen LogP contribution is 2.23. The van der Waals surface area contributed by atoms with Crippen LogP contribution in [0, 0.1) is 0 Å². The summed E-state index contributed by atoms with van der Waals surface area (Å²) < 4.78 is 12.8. The van der Waals surface area contributed by atoms with Crippen molar-refractivity contribution in [2.75, 3.05) is 57.2 Å². The number of aromatic nitrogens is 4. The lowest BCUT2D eigenvalue weighted by atomic mass is 10.0. The SMILES string of the molecule is CN(C)c1ccc([C@@H](c2nnnn2CCOC(=O)Nc2cccc3ccccc23)[NH+]2CCOCC2)cc1. The van der Waals surface area contributed by atoms with Gasteiger partial charge in [0.2, 0.25) is 5.82 Å². The molecule has 37 heavy (non-hydrogen) atoms. The zero-order valence-electron chi connectivity index (χ0n) is 21.1. The fourth-order valence-electron chi connectivity index (χ4n) is 4.74. The van der Waals surface area contributed by atoms with E-state index >= 15 is 0 Å². The predicted octanol–water partition coefficient (Wildman–Crippen LogP) is 2.15. The first-order valence-electron chi connectivity index (χ1n) is 12.5. The molecular weight excluding hydrogens is 470 g/mol. The Morgan fingerprint density at radius 3 is 2.62 bits per heavy atom. The van der Waals surface area contributed by atoms with Crippen LogP contribution < -0.4 is 15.1 Å². The normalized spacial score (nSPS) is 14.9. The van der Waals surface area contributed by atoms with Gasteiger partial charge in [0.25, 0.3) is 0 Å². The van der Waals surface area contributed by atoms with Gasteiger partial charge in [0.1, 0.15) is 19.7 Å². The fraction of sp³-hybridized carbons (Fsp3) is 0.333. The number of nitrogens with zero attached hydrogens (tertiary/aromatic N) is 5. The van der Waals surface area contributed by atoms with Gasteiger partial charge < -0.3 is 19.3 Å². The minimum atomic E-state index is -0.513. The van der Waals surface area contributed by atoms with E-state index in [1.807, 2.05) is 56.6 Å². The van der Waals surface area contributed by atoms with Crippen molar-refractivity contribution in [2.24, 2.45) is 0 Å². The number of anilines is 2. The lowest BCUT2D eigenvalue weighted by molar-refractivity contribution is -0.933. The highest BCUT2D eigenvalue weighted by molar-refractivity contribution is 6.00. The average molecular weight is 503 g/mol. The maximum absolute atomic E-state index is 12.5. The number of hydrogen-bond acceptors (Lipinski definition) is 7. The van der Waals surface area contributed by atoms with Gasteiger partial charge >= 0.3 is 6.09 Å². The summed E-state index contributed by atoms with van der Waals surface area (Å²) in [4.78, 5) is 16.0. The zero-order chi connectivity index (χ0) is 25.6. The Balaban J connectivity index is 1.28. The van der Waals surface area contributed by atoms with Crippen molar-refractivity contribution >= 4 is 28.2 Å². The number of benzene rings is 3. The van der Waals surface area contributed by atoms with Crippen molar-refractivity contribution in [3.8, 4) is 0 Å². The van der Waals surface area contributed by atoms with Crippen LogP contribution in [0.15, 0.2) is 66.7 Å². The Labute approximate surface area is 215 Å². The number of morpholine rings is 1. The molecule has 4 aromatic rings.